The Bertz CT molecular complexity index is 740. The molecule has 0 saturated heterocycles. The second kappa shape index (κ2) is 8.02. The SMILES string of the molecule is COCC1=NCN(C(=O)Oc2ccc([N+](=O)[O-])cc2)C=C1C(=O)OC. The molecule has 0 unspecified atom stereocenters. The summed E-state index contributed by atoms with van der Waals surface area (Å²) < 4.78 is 14.7. The highest BCUT2D eigenvalue weighted by Crippen LogP contribution is 2.19. The highest BCUT2D eigenvalue weighted by Gasteiger charge is 2.25. The van der Waals surface area contributed by atoms with E-state index in [4.69, 9.17) is 9.47 Å². The number of nitro benzene ring substituents is 1. The average molecular weight is 349 g/mol. The topological polar surface area (TPSA) is 121 Å². The second-order valence-corrected chi connectivity index (χ2v) is 4.80. The van der Waals surface area contributed by atoms with Crippen LogP contribution in [-0.4, -0.2) is 55.1 Å². The summed E-state index contributed by atoms with van der Waals surface area (Å²) in [6.07, 6.45) is 0.469. The molecule has 0 aromatic heterocycles. The van der Waals surface area contributed by atoms with E-state index in [0.29, 0.717) is 5.71 Å². The van der Waals surface area contributed by atoms with Gasteiger partial charge >= 0.3 is 12.1 Å². The van der Waals surface area contributed by atoms with Crippen molar-refractivity contribution in [2.24, 2.45) is 4.99 Å². The molecule has 0 radical (unpaired) electrons. The fraction of sp³-hybridized carbons (Fsp3) is 0.267. The molecule has 1 aromatic rings. The summed E-state index contributed by atoms with van der Waals surface area (Å²) in [6.45, 7) is 0.0250. The van der Waals surface area contributed by atoms with Crippen LogP contribution in [-0.2, 0) is 14.3 Å². The van der Waals surface area contributed by atoms with Gasteiger partial charge in [-0.2, -0.15) is 0 Å². The number of nitro groups is 1. The molecular weight excluding hydrogens is 334 g/mol. The van der Waals surface area contributed by atoms with Gasteiger partial charge in [-0.1, -0.05) is 0 Å². The van der Waals surface area contributed by atoms with Crippen LogP contribution in [0.4, 0.5) is 10.5 Å². The Balaban J connectivity index is 2.12. The van der Waals surface area contributed by atoms with E-state index in [0.717, 1.165) is 4.90 Å². The minimum Gasteiger partial charge on any atom is -0.465 e. The van der Waals surface area contributed by atoms with E-state index in [1.807, 2.05) is 0 Å². The molecule has 0 fully saturated rings. The van der Waals surface area contributed by atoms with Crippen molar-refractivity contribution in [3.63, 3.8) is 0 Å². The number of benzene rings is 1. The van der Waals surface area contributed by atoms with Crippen molar-refractivity contribution in [2.75, 3.05) is 27.5 Å². The number of carbonyl (C=O) groups excluding carboxylic acids is 2. The predicted octanol–water partition coefficient (Wildman–Crippen LogP) is 1.51. The van der Waals surface area contributed by atoms with Crippen molar-refractivity contribution < 1.29 is 28.7 Å². The van der Waals surface area contributed by atoms with Crippen molar-refractivity contribution >= 4 is 23.5 Å². The first kappa shape index (κ1) is 18.1. The van der Waals surface area contributed by atoms with Gasteiger partial charge in [-0.3, -0.25) is 20.0 Å². The van der Waals surface area contributed by atoms with E-state index in [9.17, 15) is 19.7 Å². The molecule has 1 aromatic carbocycles. The number of non-ortho nitro benzene ring substituents is 1. The number of hydrogen-bond donors (Lipinski definition) is 0. The number of esters is 1. The van der Waals surface area contributed by atoms with Crippen LogP contribution < -0.4 is 4.74 Å². The molecule has 1 amide bonds. The Morgan fingerprint density at radius 1 is 1.28 bits per heavy atom. The van der Waals surface area contributed by atoms with Crippen LogP contribution in [0.25, 0.3) is 0 Å². The molecular formula is C15H15N3O7. The van der Waals surface area contributed by atoms with Gasteiger partial charge in [0.15, 0.2) is 0 Å². The molecule has 132 valence electrons. The number of carbonyl (C=O) groups is 2. The lowest BCUT2D eigenvalue weighted by atomic mass is 10.1. The number of ether oxygens (including phenoxy) is 3. The number of nitrogens with zero attached hydrogens (tertiary/aromatic N) is 3. The summed E-state index contributed by atoms with van der Waals surface area (Å²) in [5.74, 6) is -0.543. The third-order valence-corrected chi connectivity index (χ3v) is 3.18. The van der Waals surface area contributed by atoms with Crippen molar-refractivity contribution in [2.45, 2.75) is 0 Å². The highest BCUT2D eigenvalue weighted by atomic mass is 16.6. The van der Waals surface area contributed by atoms with Crippen LogP contribution in [0.5, 0.6) is 5.75 Å². The van der Waals surface area contributed by atoms with Crippen LogP contribution >= 0.6 is 0 Å². The van der Waals surface area contributed by atoms with Crippen LogP contribution in [0.3, 0.4) is 0 Å². The molecule has 1 aliphatic rings. The molecule has 1 heterocycles. The maximum atomic E-state index is 12.2. The van der Waals surface area contributed by atoms with Gasteiger partial charge in [-0.05, 0) is 12.1 Å². The molecule has 25 heavy (non-hydrogen) atoms. The Hall–Kier alpha value is -3.27. The lowest BCUT2D eigenvalue weighted by molar-refractivity contribution is -0.384. The Kier molecular flexibility index (Phi) is 5.79. The minimum absolute atomic E-state index is 0.0645. The first-order valence-corrected chi connectivity index (χ1v) is 7.02. The number of methoxy groups -OCH3 is 2. The van der Waals surface area contributed by atoms with Gasteiger partial charge in [0.05, 0.1) is 29.9 Å². The lowest BCUT2D eigenvalue weighted by Gasteiger charge is -2.22. The monoisotopic (exact) mass is 349 g/mol. The van der Waals surface area contributed by atoms with Crippen LogP contribution in [0.1, 0.15) is 0 Å². The van der Waals surface area contributed by atoms with Crippen molar-refractivity contribution in [1.29, 1.82) is 0 Å². The van der Waals surface area contributed by atoms with Gasteiger partial charge in [0.2, 0.25) is 0 Å². The summed E-state index contributed by atoms with van der Waals surface area (Å²) in [5, 5.41) is 10.6. The number of hydrogen-bond acceptors (Lipinski definition) is 8. The minimum atomic E-state index is -0.796. The van der Waals surface area contributed by atoms with Gasteiger partial charge in [0, 0.05) is 25.4 Å². The second-order valence-electron chi connectivity index (χ2n) is 4.80. The van der Waals surface area contributed by atoms with E-state index in [-0.39, 0.29) is 30.3 Å². The largest absolute Gasteiger partial charge is 0.465 e. The van der Waals surface area contributed by atoms with Crippen LogP contribution in [0.15, 0.2) is 41.0 Å². The Labute approximate surface area is 142 Å². The average Bonchev–Trinajstić information content (AvgIpc) is 2.62. The molecule has 0 aliphatic carbocycles. The maximum Gasteiger partial charge on any atom is 0.420 e. The number of rotatable bonds is 5. The lowest BCUT2D eigenvalue weighted by Crippen LogP contribution is -2.35. The zero-order valence-electron chi connectivity index (χ0n) is 13.5. The molecule has 0 atom stereocenters. The van der Waals surface area contributed by atoms with E-state index in [1.165, 1.54) is 44.7 Å². The van der Waals surface area contributed by atoms with Gasteiger partial charge in [0.1, 0.15) is 12.4 Å². The quantitative estimate of drug-likeness (QED) is 0.449. The predicted molar refractivity (Wildman–Crippen MR) is 85.2 cm³/mol. The zero-order chi connectivity index (χ0) is 18.4. The molecule has 10 heteroatoms. The van der Waals surface area contributed by atoms with E-state index >= 15 is 0 Å². The highest BCUT2D eigenvalue weighted by molar-refractivity contribution is 6.20. The van der Waals surface area contributed by atoms with Crippen LogP contribution in [0.2, 0.25) is 0 Å². The third-order valence-electron chi connectivity index (χ3n) is 3.18. The fourth-order valence-electron chi connectivity index (χ4n) is 1.96. The molecule has 0 bridgehead atoms. The van der Waals surface area contributed by atoms with Crippen molar-refractivity contribution in [3.8, 4) is 5.75 Å². The van der Waals surface area contributed by atoms with E-state index < -0.39 is 17.0 Å². The van der Waals surface area contributed by atoms with Crippen molar-refractivity contribution in [3.05, 3.63) is 46.2 Å². The first-order chi connectivity index (χ1) is 12.0. The molecule has 0 saturated carbocycles. The van der Waals surface area contributed by atoms with E-state index in [2.05, 4.69) is 9.73 Å². The van der Waals surface area contributed by atoms with Gasteiger partial charge in [-0.25, -0.2) is 9.59 Å². The summed E-state index contributed by atoms with van der Waals surface area (Å²) in [6, 6.07) is 5.02. The fourth-order valence-corrected chi connectivity index (χ4v) is 1.96. The summed E-state index contributed by atoms with van der Waals surface area (Å²) in [5.41, 5.74) is 0.310. The standard InChI is InChI=1S/C15H15N3O7/c1-23-8-13-12(14(19)24-2)7-17(9-16-13)15(20)25-11-5-3-10(4-6-11)18(21)22/h3-7H,8-9H2,1-2H3. The maximum absolute atomic E-state index is 12.2. The van der Waals surface area contributed by atoms with Crippen molar-refractivity contribution in [1.82, 2.24) is 4.90 Å². The Morgan fingerprint density at radius 3 is 2.52 bits per heavy atom. The third kappa shape index (κ3) is 4.38. The van der Waals surface area contributed by atoms with Gasteiger partial charge in [0.25, 0.3) is 5.69 Å². The molecule has 10 nitrogen and oxygen atoms in total. The molecule has 1 aliphatic heterocycles. The number of aliphatic imine (C=N–C) groups is 1. The van der Waals surface area contributed by atoms with Crippen LogP contribution in [0, 0.1) is 10.1 Å². The van der Waals surface area contributed by atoms with E-state index in [1.54, 1.807) is 0 Å². The summed E-state index contributed by atoms with van der Waals surface area (Å²) in [7, 11) is 2.66. The summed E-state index contributed by atoms with van der Waals surface area (Å²) >= 11 is 0. The Morgan fingerprint density at radius 2 is 1.96 bits per heavy atom. The zero-order valence-corrected chi connectivity index (χ0v) is 13.5. The molecule has 0 spiro atoms. The smallest absolute Gasteiger partial charge is 0.420 e. The van der Waals surface area contributed by atoms with Gasteiger partial charge < -0.3 is 14.2 Å². The molecule has 0 N–H and O–H groups in total. The molecule has 2 rings (SSSR count). The summed E-state index contributed by atoms with van der Waals surface area (Å²) in [4.78, 5) is 39.2. The normalized spacial score (nSPS) is 13.6. The number of amides is 1. The first-order valence-electron chi connectivity index (χ1n) is 7.02. The van der Waals surface area contributed by atoms with Gasteiger partial charge in [-0.15, -0.1) is 0 Å².